The molecule has 2 aromatic carbocycles. The first kappa shape index (κ1) is 15.9. The molecule has 0 bridgehead atoms. The summed E-state index contributed by atoms with van der Waals surface area (Å²) < 4.78 is 1.82. The van der Waals surface area contributed by atoms with E-state index in [0.29, 0.717) is 0 Å². The van der Waals surface area contributed by atoms with Crippen molar-refractivity contribution in [2.24, 2.45) is 5.10 Å². The molecule has 0 fully saturated rings. The third-order valence-corrected chi connectivity index (χ3v) is 3.83. The van der Waals surface area contributed by atoms with Gasteiger partial charge in [-0.2, -0.15) is 5.10 Å². The predicted octanol–water partition coefficient (Wildman–Crippen LogP) is 3.16. The van der Waals surface area contributed by atoms with Crippen LogP contribution in [0, 0.1) is 0 Å². The number of amides is 1. The second kappa shape index (κ2) is 7.55. The Labute approximate surface area is 141 Å². The number of carbonyl (C=O) groups excluding carboxylic acids is 1. The third-order valence-electron chi connectivity index (χ3n) is 3.83. The van der Waals surface area contributed by atoms with Gasteiger partial charge in [-0.1, -0.05) is 42.5 Å². The van der Waals surface area contributed by atoms with Crippen LogP contribution in [0.2, 0.25) is 0 Å². The number of benzene rings is 2. The predicted molar refractivity (Wildman–Crippen MR) is 95.7 cm³/mol. The summed E-state index contributed by atoms with van der Waals surface area (Å²) in [6, 6.07) is 18.0. The molecule has 5 heteroatoms. The lowest BCUT2D eigenvalue weighted by atomic mass is 10.1. The number of rotatable bonds is 6. The van der Waals surface area contributed by atoms with E-state index >= 15 is 0 Å². The van der Waals surface area contributed by atoms with E-state index in [1.165, 1.54) is 5.56 Å². The number of aromatic nitrogens is 2. The molecule has 1 amide bonds. The zero-order chi connectivity index (χ0) is 16.8. The molecular weight excluding hydrogens is 300 g/mol. The van der Waals surface area contributed by atoms with Crippen molar-refractivity contribution in [3.8, 4) is 0 Å². The highest BCUT2D eigenvalue weighted by atomic mass is 16.2. The molecular formula is C19H20N4O. The third kappa shape index (κ3) is 4.07. The highest BCUT2D eigenvalue weighted by Crippen LogP contribution is 2.11. The first-order valence-corrected chi connectivity index (χ1v) is 7.98. The van der Waals surface area contributed by atoms with Gasteiger partial charge in [0.15, 0.2) is 0 Å². The number of imidazole rings is 1. The highest BCUT2D eigenvalue weighted by Gasteiger charge is 2.06. The standard InChI is InChI=1S/C19H20N4O/c1-15(11-12-16-7-3-2-4-8-16)21-22-19(24)13-23-14-20-17-9-5-6-10-18(17)23/h2-10,14H,11-13H2,1H3,(H,22,24)/b21-15-. The summed E-state index contributed by atoms with van der Waals surface area (Å²) in [5.74, 6) is -0.155. The van der Waals surface area contributed by atoms with Gasteiger partial charge in [0, 0.05) is 5.71 Å². The second-order valence-electron chi connectivity index (χ2n) is 5.73. The molecule has 0 spiro atoms. The molecule has 3 aromatic rings. The Morgan fingerprint density at radius 1 is 1.12 bits per heavy atom. The van der Waals surface area contributed by atoms with Crippen molar-refractivity contribution in [3.05, 3.63) is 66.5 Å². The fraction of sp³-hybridized carbons (Fsp3) is 0.211. The molecule has 0 saturated carbocycles. The SMILES string of the molecule is C/C(CCc1ccccc1)=N/NC(=O)Cn1cnc2ccccc21. The first-order valence-electron chi connectivity index (χ1n) is 7.98. The molecule has 5 nitrogen and oxygen atoms in total. The normalized spacial score (nSPS) is 11.6. The minimum Gasteiger partial charge on any atom is -0.321 e. The monoisotopic (exact) mass is 320 g/mol. The number of nitrogens with one attached hydrogen (secondary N) is 1. The first-order chi connectivity index (χ1) is 11.7. The maximum absolute atomic E-state index is 12.1. The van der Waals surface area contributed by atoms with E-state index in [4.69, 9.17) is 0 Å². The Bertz CT molecular complexity index is 852. The Hall–Kier alpha value is -2.95. The lowest BCUT2D eigenvalue weighted by Crippen LogP contribution is -2.23. The minimum atomic E-state index is -0.155. The summed E-state index contributed by atoms with van der Waals surface area (Å²) in [6.45, 7) is 2.13. The van der Waals surface area contributed by atoms with Gasteiger partial charge in [-0.3, -0.25) is 4.79 Å². The van der Waals surface area contributed by atoms with Crippen LogP contribution in [0.3, 0.4) is 0 Å². The van der Waals surface area contributed by atoms with E-state index < -0.39 is 0 Å². The molecule has 1 N–H and O–H groups in total. The maximum Gasteiger partial charge on any atom is 0.260 e. The van der Waals surface area contributed by atoms with Gasteiger partial charge in [-0.15, -0.1) is 0 Å². The molecule has 24 heavy (non-hydrogen) atoms. The molecule has 0 radical (unpaired) electrons. The second-order valence-corrected chi connectivity index (χ2v) is 5.73. The van der Waals surface area contributed by atoms with Crippen LogP contribution in [0.25, 0.3) is 11.0 Å². The number of fused-ring (bicyclic) bond motifs is 1. The van der Waals surface area contributed by atoms with Crippen molar-refractivity contribution in [2.45, 2.75) is 26.3 Å². The van der Waals surface area contributed by atoms with Gasteiger partial charge in [0.2, 0.25) is 0 Å². The average molecular weight is 320 g/mol. The number of hydrazone groups is 1. The van der Waals surface area contributed by atoms with Crippen molar-refractivity contribution >= 4 is 22.7 Å². The van der Waals surface area contributed by atoms with Crippen LogP contribution in [-0.2, 0) is 17.8 Å². The van der Waals surface area contributed by atoms with E-state index in [1.54, 1.807) is 6.33 Å². The fourth-order valence-electron chi connectivity index (χ4n) is 2.51. The van der Waals surface area contributed by atoms with Gasteiger partial charge in [0.05, 0.1) is 17.4 Å². The van der Waals surface area contributed by atoms with Crippen LogP contribution in [0.1, 0.15) is 18.9 Å². The number of nitrogens with zero attached hydrogens (tertiary/aromatic N) is 3. The van der Waals surface area contributed by atoms with Crippen molar-refractivity contribution < 1.29 is 4.79 Å². The molecule has 1 aromatic heterocycles. The summed E-state index contributed by atoms with van der Waals surface area (Å²) in [5, 5.41) is 4.18. The van der Waals surface area contributed by atoms with Crippen LogP contribution in [0.4, 0.5) is 0 Å². The molecule has 1 heterocycles. The van der Waals surface area contributed by atoms with E-state index in [9.17, 15) is 4.79 Å². The van der Waals surface area contributed by atoms with Crippen molar-refractivity contribution in [1.82, 2.24) is 15.0 Å². The topological polar surface area (TPSA) is 59.3 Å². The van der Waals surface area contributed by atoms with Crippen LogP contribution in [-0.4, -0.2) is 21.2 Å². The van der Waals surface area contributed by atoms with Crippen LogP contribution < -0.4 is 5.43 Å². The summed E-state index contributed by atoms with van der Waals surface area (Å²) in [5.41, 5.74) is 6.62. The van der Waals surface area contributed by atoms with E-state index in [2.05, 4.69) is 27.6 Å². The van der Waals surface area contributed by atoms with Gasteiger partial charge in [-0.25, -0.2) is 10.4 Å². The van der Waals surface area contributed by atoms with Crippen molar-refractivity contribution in [2.75, 3.05) is 0 Å². The van der Waals surface area contributed by atoms with Crippen LogP contribution >= 0.6 is 0 Å². The lowest BCUT2D eigenvalue weighted by molar-refractivity contribution is -0.121. The van der Waals surface area contributed by atoms with Gasteiger partial charge < -0.3 is 4.57 Å². The Morgan fingerprint density at radius 2 is 1.88 bits per heavy atom. The Balaban J connectivity index is 1.53. The zero-order valence-corrected chi connectivity index (χ0v) is 13.6. The Morgan fingerprint density at radius 3 is 2.71 bits per heavy atom. The number of carbonyl (C=O) groups is 1. The summed E-state index contributed by atoms with van der Waals surface area (Å²) in [7, 11) is 0. The van der Waals surface area contributed by atoms with Gasteiger partial charge in [-0.05, 0) is 37.5 Å². The van der Waals surface area contributed by atoms with Gasteiger partial charge >= 0.3 is 0 Å². The van der Waals surface area contributed by atoms with Crippen molar-refractivity contribution in [3.63, 3.8) is 0 Å². The van der Waals surface area contributed by atoms with Crippen LogP contribution in [0.15, 0.2) is 66.0 Å². The maximum atomic E-state index is 12.1. The van der Waals surface area contributed by atoms with E-state index in [0.717, 1.165) is 29.6 Å². The van der Waals surface area contributed by atoms with Crippen molar-refractivity contribution in [1.29, 1.82) is 0 Å². The molecule has 122 valence electrons. The molecule has 0 aliphatic rings. The summed E-state index contributed by atoms with van der Waals surface area (Å²) >= 11 is 0. The summed E-state index contributed by atoms with van der Waals surface area (Å²) in [6.07, 6.45) is 3.41. The molecule has 3 rings (SSSR count). The van der Waals surface area contributed by atoms with E-state index in [1.807, 2.05) is 54.0 Å². The zero-order valence-electron chi connectivity index (χ0n) is 13.6. The highest BCUT2D eigenvalue weighted by molar-refractivity contribution is 5.85. The summed E-state index contributed by atoms with van der Waals surface area (Å²) in [4.78, 5) is 16.3. The number of aryl methyl sites for hydroxylation is 1. The number of para-hydroxylation sites is 2. The number of hydrogen-bond donors (Lipinski definition) is 1. The molecule has 0 saturated heterocycles. The molecule has 0 aliphatic carbocycles. The number of hydrogen-bond acceptors (Lipinski definition) is 3. The van der Waals surface area contributed by atoms with Gasteiger partial charge in [0.1, 0.15) is 6.54 Å². The average Bonchev–Trinajstić information content (AvgIpc) is 3.02. The molecule has 0 atom stereocenters. The molecule has 0 aliphatic heterocycles. The van der Waals surface area contributed by atoms with Gasteiger partial charge in [0.25, 0.3) is 5.91 Å². The largest absolute Gasteiger partial charge is 0.321 e. The fourth-order valence-corrected chi connectivity index (χ4v) is 2.51. The van der Waals surface area contributed by atoms with Crippen LogP contribution in [0.5, 0.6) is 0 Å². The Kier molecular flexibility index (Phi) is 5.01. The lowest BCUT2D eigenvalue weighted by Gasteiger charge is -2.05. The quantitative estimate of drug-likeness (QED) is 0.560. The minimum absolute atomic E-state index is 0.155. The molecule has 0 unspecified atom stereocenters. The van der Waals surface area contributed by atoms with E-state index in [-0.39, 0.29) is 12.5 Å². The smallest absolute Gasteiger partial charge is 0.260 e.